The average molecular weight is 381 g/mol. The molecule has 2 amide bonds. The van der Waals surface area contributed by atoms with E-state index in [1.807, 2.05) is 0 Å². The normalized spacial score (nSPS) is 10.0. The molecule has 0 heterocycles. The van der Waals surface area contributed by atoms with E-state index in [0.717, 1.165) is 0 Å². The van der Waals surface area contributed by atoms with Crippen molar-refractivity contribution in [2.75, 3.05) is 17.2 Å². The molecule has 25 heavy (non-hydrogen) atoms. The molecular weight excluding hydrogens is 367 g/mol. The van der Waals surface area contributed by atoms with Gasteiger partial charge in [-0.1, -0.05) is 23.2 Å². The molecule has 0 spiro atoms. The molecule has 0 saturated heterocycles. The van der Waals surface area contributed by atoms with Crippen molar-refractivity contribution < 1.29 is 19.1 Å². The number of hydrogen-bond acceptors (Lipinski definition) is 4. The molecule has 2 aromatic carbocycles. The van der Waals surface area contributed by atoms with Gasteiger partial charge in [0, 0.05) is 11.4 Å². The summed E-state index contributed by atoms with van der Waals surface area (Å²) < 4.78 is 4.86. The number of rotatable bonds is 4. The number of carbonyl (C=O) groups is 3. The van der Waals surface area contributed by atoms with Gasteiger partial charge in [-0.25, -0.2) is 4.79 Å². The lowest BCUT2D eigenvalue weighted by Gasteiger charge is -2.08. The zero-order valence-electron chi connectivity index (χ0n) is 13.1. The van der Waals surface area contributed by atoms with Crippen molar-refractivity contribution in [3.05, 3.63) is 58.1 Å². The monoisotopic (exact) mass is 380 g/mol. The minimum absolute atomic E-state index is 0.259. The van der Waals surface area contributed by atoms with Crippen molar-refractivity contribution in [1.82, 2.24) is 0 Å². The van der Waals surface area contributed by atoms with Crippen LogP contribution in [0.4, 0.5) is 11.4 Å². The molecule has 0 saturated carbocycles. The first-order chi connectivity index (χ1) is 11.9. The molecule has 6 nitrogen and oxygen atoms in total. The summed E-state index contributed by atoms with van der Waals surface area (Å²) in [6.07, 6.45) is 0. The van der Waals surface area contributed by atoms with E-state index in [4.69, 9.17) is 27.9 Å². The Labute approximate surface area is 154 Å². The first kappa shape index (κ1) is 18.8. The van der Waals surface area contributed by atoms with Gasteiger partial charge >= 0.3 is 17.8 Å². The fourth-order valence-corrected chi connectivity index (χ4v) is 2.15. The van der Waals surface area contributed by atoms with E-state index in [-0.39, 0.29) is 11.6 Å². The minimum atomic E-state index is -0.868. The third-order valence-corrected chi connectivity index (χ3v) is 3.78. The Morgan fingerprint density at radius 3 is 2.00 bits per heavy atom. The number of amides is 2. The summed E-state index contributed by atoms with van der Waals surface area (Å²) in [5.41, 5.74) is 1.05. The van der Waals surface area contributed by atoms with Gasteiger partial charge in [0.25, 0.3) is 0 Å². The predicted molar refractivity (Wildman–Crippen MR) is 96.1 cm³/mol. The van der Waals surface area contributed by atoms with Crippen LogP contribution < -0.4 is 10.6 Å². The van der Waals surface area contributed by atoms with Crippen molar-refractivity contribution in [2.45, 2.75) is 6.92 Å². The quantitative estimate of drug-likeness (QED) is 0.624. The fourth-order valence-electron chi connectivity index (χ4n) is 1.85. The van der Waals surface area contributed by atoms with E-state index in [2.05, 4.69) is 10.6 Å². The number of anilines is 2. The number of esters is 1. The van der Waals surface area contributed by atoms with Crippen LogP contribution in [-0.2, 0) is 14.3 Å². The highest BCUT2D eigenvalue weighted by atomic mass is 35.5. The van der Waals surface area contributed by atoms with Crippen molar-refractivity contribution in [3.63, 3.8) is 0 Å². The van der Waals surface area contributed by atoms with Gasteiger partial charge in [-0.15, -0.1) is 0 Å². The molecule has 0 fully saturated rings. The number of halogens is 2. The summed E-state index contributed by atoms with van der Waals surface area (Å²) in [6.45, 7) is 1.98. The Morgan fingerprint density at radius 2 is 1.44 bits per heavy atom. The smallest absolute Gasteiger partial charge is 0.338 e. The Kier molecular flexibility index (Phi) is 6.38. The number of hydrogen-bond donors (Lipinski definition) is 2. The summed E-state index contributed by atoms with van der Waals surface area (Å²) in [6, 6.07) is 10.4. The molecule has 130 valence electrons. The van der Waals surface area contributed by atoms with E-state index in [1.54, 1.807) is 6.92 Å². The fraction of sp³-hybridized carbons (Fsp3) is 0.118. The minimum Gasteiger partial charge on any atom is -0.462 e. The van der Waals surface area contributed by atoms with Crippen LogP contribution in [0.2, 0.25) is 10.0 Å². The van der Waals surface area contributed by atoms with Crippen LogP contribution in [0.15, 0.2) is 42.5 Å². The summed E-state index contributed by atoms with van der Waals surface area (Å²) in [5, 5.41) is 5.43. The Bertz CT molecular complexity index is 807. The summed E-state index contributed by atoms with van der Waals surface area (Å²) in [4.78, 5) is 35.4. The van der Waals surface area contributed by atoms with Crippen LogP contribution in [0.5, 0.6) is 0 Å². The molecule has 0 bridgehead atoms. The topological polar surface area (TPSA) is 84.5 Å². The highest BCUT2D eigenvalue weighted by molar-refractivity contribution is 6.44. The average Bonchev–Trinajstić information content (AvgIpc) is 2.59. The number of ether oxygens (including phenoxy) is 1. The van der Waals surface area contributed by atoms with E-state index in [1.165, 1.54) is 42.5 Å². The van der Waals surface area contributed by atoms with Gasteiger partial charge in [0.15, 0.2) is 0 Å². The summed E-state index contributed by atoms with van der Waals surface area (Å²) >= 11 is 11.6. The van der Waals surface area contributed by atoms with Crippen LogP contribution in [0, 0.1) is 0 Å². The molecule has 0 aliphatic heterocycles. The number of benzene rings is 2. The van der Waals surface area contributed by atoms with Gasteiger partial charge in [0.2, 0.25) is 0 Å². The first-order valence-electron chi connectivity index (χ1n) is 7.25. The van der Waals surface area contributed by atoms with Crippen molar-refractivity contribution in [2.24, 2.45) is 0 Å². The molecule has 0 aliphatic rings. The molecule has 2 N–H and O–H groups in total. The van der Waals surface area contributed by atoms with Crippen molar-refractivity contribution in [3.8, 4) is 0 Å². The maximum Gasteiger partial charge on any atom is 0.338 e. The molecule has 0 aliphatic carbocycles. The molecule has 0 aromatic heterocycles. The summed E-state index contributed by atoms with van der Waals surface area (Å²) in [5.74, 6) is -2.19. The van der Waals surface area contributed by atoms with E-state index in [0.29, 0.717) is 22.0 Å². The summed E-state index contributed by atoms with van der Waals surface area (Å²) in [7, 11) is 0. The van der Waals surface area contributed by atoms with Gasteiger partial charge in [0.05, 0.1) is 22.2 Å². The third-order valence-electron chi connectivity index (χ3n) is 3.04. The highest BCUT2D eigenvalue weighted by Gasteiger charge is 2.15. The van der Waals surface area contributed by atoms with E-state index < -0.39 is 17.8 Å². The highest BCUT2D eigenvalue weighted by Crippen LogP contribution is 2.25. The van der Waals surface area contributed by atoms with Gasteiger partial charge in [-0.2, -0.15) is 0 Å². The molecule has 8 heteroatoms. The molecule has 2 rings (SSSR count). The van der Waals surface area contributed by atoms with Crippen LogP contribution >= 0.6 is 23.2 Å². The SMILES string of the molecule is CCOC(=O)c1ccc(NC(=O)C(=O)Nc2ccc(Cl)c(Cl)c2)cc1. The van der Waals surface area contributed by atoms with Gasteiger partial charge in [-0.05, 0) is 49.4 Å². The first-order valence-corrected chi connectivity index (χ1v) is 8.01. The Hall–Kier alpha value is -2.57. The largest absolute Gasteiger partial charge is 0.462 e. The lowest BCUT2D eigenvalue weighted by molar-refractivity contribution is -0.132. The van der Waals surface area contributed by atoms with Crippen LogP contribution in [0.3, 0.4) is 0 Å². The lowest BCUT2D eigenvalue weighted by Crippen LogP contribution is -2.29. The molecule has 2 aromatic rings. The standard InChI is InChI=1S/C17H14Cl2N2O4/c1-2-25-17(24)10-3-5-11(6-4-10)20-15(22)16(23)21-12-7-8-13(18)14(19)9-12/h3-9H,2H2,1H3,(H,20,22)(H,21,23). The maximum atomic E-state index is 11.9. The molecule has 0 unspecified atom stereocenters. The second-order valence-corrected chi connectivity index (χ2v) is 5.65. The molecule has 0 radical (unpaired) electrons. The number of carbonyl (C=O) groups excluding carboxylic acids is 3. The van der Waals surface area contributed by atoms with Gasteiger partial charge in [-0.3, -0.25) is 9.59 Å². The predicted octanol–water partition coefficient (Wildman–Crippen LogP) is 3.75. The number of nitrogens with one attached hydrogen (secondary N) is 2. The van der Waals surface area contributed by atoms with Crippen LogP contribution in [0.1, 0.15) is 17.3 Å². The second kappa shape index (κ2) is 8.50. The van der Waals surface area contributed by atoms with Crippen molar-refractivity contribution in [1.29, 1.82) is 0 Å². The zero-order chi connectivity index (χ0) is 18.4. The van der Waals surface area contributed by atoms with Crippen LogP contribution in [-0.4, -0.2) is 24.4 Å². The van der Waals surface area contributed by atoms with Gasteiger partial charge < -0.3 is 15.4 Å². The molecule has 0 atom stereocenters. The third kappa shape index (κ3) is 5.20. The van der Waals surface area contributed by atoms with Crippen molar-refractivity contribution >= 4 is 52.4 Å². The van der Waals surface area contributed by atoms with Crippen LogP contribution in [0.25, 0.3) is 0 Å². The van der Waals surface area contributed by atoms with Gasteiger partial charge in [0.1, 0.15) is 0 Å². The van der Waals surface area contributed by atoms with E-state index in [9.17, 15) is 14.4 Å². The lowest BCUT2D eigenvalue weighted by atomic mass is 10.2. The maximum absolute atomic E-state index is 11.9. The van der Waals surface area contributed by atoms with E-state index >= 15 is 0 Å². The Morgan fingerprint density at radius 1 is 0.880 bits per heavy atom. The molecular formula is C17H14Cl2N2O4. The second-order valence-electron chi connectivity index (χ2n) is 4.83. The Balaban J connectivity index is 1.97. The zero-order valence-corrected chi connectivity index (χ0v) is 14.6.